The molecule has 1 aromatic heterocycles. The third-order valence-corrected chi connectivity index (χ3v) is 2.45. The first-order chi connectivity index (χ1) is 5.90. The minimum absolute atomic E-state index is 0.549. The second-order valence-corrected chi connectivity index (χ2v) is 3.27. The summed E-state index contributed by atoms with van der Waals surface area (Å²) in [5.41, 5.74) is 1.08. The quantitative estimate of drug-likeness (QED) is 0.651. The number of hydrogen-bond acceptors (Lipinski definition) is 2. The average Bonchev–Trinajstić information content (AvgIpc) is 2.03. The molecule has 0 saturated carbocycles. The monoisotopic (exact) mass is 182 g/mol. The van der Waals surface area contributed by atoms with Crippen molar-refractivity contribution in [2.75, 3.05) is 18.0 Å². The fraction of sp³-hybridized carbons (Fsp3) is 0.444. The van der Waals surface area contributed by atoms with E-state index in [1.54, 1.807) is 0 Å². The molecule has 0 aromatic carbocycles. The molecule has 1 aliphatic heterocycles. The largest absolute Gasteiger partial charge is 0.356 e. The van der Waals surface area contributed by atoms with Gasteiger partial charge in [0.25, 0.3) is 0 Å². The Balaban J connectivity index is 2.13. The number of rotatable bonds is 2. The number of anilines is 1. The van der Waals surface area contributed by atoms with Gasteiger partial charge in [0.2, 0.25) is 0 Å². The van der Waals surface area contributed by atoms with Crippen LogP contribution in [0.3, 0.4) is 0 Å². The zero-order valence-corrected chi connectivity index (χ0v) is 7.59. The topological polar surface area (TPSA) is 16.1 Å². The highest BCUT2D eigenvalue weighted by atomic mass is 35.5. The lowest BCUT2D eigenvalue weighted by Gasteiger charge is -2.31. The van der Waals surface area contributed by atoms with Gasteiger partial charge in [-0.1, -0.05) is 6.07 Å². The van der Waals surface area contributed by atoms with Gasteiger partial charge in [0.15, 0.2) is 0 Å². The predicted octanol–water partition coefficient (Wildman–Crippen LogP) is 2.03. The highest BCUT2D eigenvalue weighted by Crippen LogP contribution is 2.17. The van der Waals surface area contributed by atoms with Crippen molar-refractivity contribution in [3.63, 3.8) is 0 Å². The Labute approximate surface area is 77.2 Å². The molecule has 0 radical (unpaired) electrons. The Morgan fingerprint density at radius 3 is 2.67 bits per heavy atom. The van der Waals surface area contributed by atoms with Crippen molar-refractivity contribution in [2.45, 2.75) is 12.3 Å². The maximum Gasteiger partial charge on any atom is 0.128 e. The third kappa shape index (κ3) is 1.39. The number of aromatic nitrogens is 1. The third-order valence-electron chi connectivity index (χ3n) is 2.14. The molecule has 1 saturated heterocycles. The smallest absolute Gasteiger partial charge is 0.128 e. The van der Waals surface area contributed by atoms with E-state index >= 15 is 0 Å². The zero-order valence-electron chi connectivity index (χ0n) is 6.83. The van der Waals surface area contributed by atoms with Crippen LogP contribution in [0.5, 0.6) is 0 Å². The van der Waals surface area contributed by atoms with Gasteiger partial charge in [0.05, 0.1) is 0 Å². The van der Waals surface area contributed by atoms with Gasteiger partial charge in [0.1, 0.15) is 5.82 Å². The molecule has 0 bridgehead atoms. The van der Waals surface area contributed by atoms with E-state index < -0.39 is 0 Å². The van der Waals surface area contributed by atoms with Gasteiger partial charge < -0.3 is 4.90 Å². The summed E-state index contributed by atoms with van der Waals surface area (Å²) in [4.78, 5) is 6.57. The van der Waals surface area contributed by atoms with E-state index in [-0.39, 0.29) is 0 Å². The maximum absolute atomic E-state index is 5.65. The summed E-state index contributed by atoms with van der Waals surface area (Å²) in [7, 11) is 0. The Kier molecular flexibility index (Phi) is 2.17. The second kappa shape index (κ2) is 3.31. The fourth-order valence-electron chi connectivity index (χ4n) is 1.23. The fourth-order valence-corrected chi connectivity index (χ4v) is 1.39. The van der Waals surface area contributed by atoms with Crippen molar-refractivity contribution in [3.8, 4) is 0 Å². The van der Waals surface area contributed by atoms with Gasteiger partial charge in [-0.25, -0.2) is 4.98 Å². The molecule has 1 aliphatic rings. The molecule has 12 heavy (non-hydrogen) atoms. The predicted molar refractivity (Wildman–Crippen MR) is 50.6 cm³/mol. The van der Waals surface area contributed by atoms with Crippen LogP contribution in [0.1, 0.15) is 12.0 Å². The number of pyridine rings is 1. The van der Waals surface area contributed by atoms with Crippen LogP contribution in [-0.2, 0) is 5.88 Å². The molecule has 1 aromatic rings. The van der Waals surface area contributed by atoms with E-state index in [1.165, 1.54) is 6.42 Å². The summed E-state index contributed by atoms with van der Waals surface area (Å²) < 4.78 is 0. The number of halogens is 1. The number of hydrogen-bond donors (Lipinski definition) is 0. The lowest BCUT2D eigenvalue weighted by atomic mass is 10.2. The van der Waals surface area contributed by atoms with Crippen LogP contribution in [0.25, 0.3) is 0 Å². The summed E-state index contributed by atoms with van der Waals surface area (Å²) in [5.74, 6) is 1.63. The van der Waals surface area contributed by atoms with E-state index in [4.69, 9.17) is 11.6 Å². The Morgan fingerprint density at radius 1 is 1.42 bits per heavy atom. The summed E-state index contributed by atoms with van der Waals surface area (Å²) in [6.07, 6.45) is 3.14. The van der Waals surface area contributed by atoms with Crippen LogP contribution in [0.15, 0.2) is 18.3 Å². The minimum atomic E-state index is 0.549. The van der Waals surface area contributed by atoms with E-state index in [1.807, 2.05) is 18.3 Å². The van der Waals surface area contributed by atoms with Crippen LogP contribution >= 0.6 is 11.6 Å². The molecule has 0 spiro atoms. The Morgan fingerprint density at radius 2 is 2.25 bits per heavy atom. The van der Waals surface area contributed by atoms with E-state index in [0.29, 0.717) is 5.88 Å². The van der Waals surface area contributed by atoms with Gasteiger partial charge in [-0.2, -0.15) is 0 Å². The Hall–Kier alpha value is -0.760. The highest BCUT2D eigenvalue weighted by Gasteiger charge is 2.14. The standard InChI is InChI=1S/C9H11ClN2/c10-6-8-2-3-9(11-7-8)12-4-1-5-12/h2-3,7H,1,4-6H2. The average molecular weight is 183 g/mol. The summed E-state index contributed by atoms with van der Waals surface area (Å²) in [6, 6.07) is 4.07. The lowest BCUT2D eigenvalue weighted by molar-refractivity contribution is 0.609. The van der Waals surface area contributed by atoms with Crippen molar-refractivity contribution >= 4 is 17.4 Å². The van der Waals surface area contributed by atoms with E-state index in [9.17, 15) is 0 Å². The molecule has 3 heteroatoms. The van der Waals surface area contributed by atoms with Crippen molar-refractivity contribution in [2.24, 2.45) is 0 Å². The Bertz CT molecular complexity index is 254. The molecule has 0 aliphatic carbocycles. The number of alkyl halides is 1. The first kappa shape index (κ1) is 7.87. The van der Waals surface area contributed by atoms with E-state index in [0.717, 1.165) is 24.5 Å². The van der Waals surface area contributed by atoms with Crippen LogP contribution in [0.4, 0.5) is 5.82 Å². The SMILES string of the molecule is ClCc1ccc(N2CCC2)nc1. The molecule has 2 rings (SSSR count). The first-order valence-corrected chi connectivity index (χ1v) is 4.69. The van der Waals surface area contributed by atoms with Crippen LogP contribution in [-0.4, -0.2) is 18.1 Å². The zero-order chi connectivity index (χ0) is 8.39. The van der Waals surface area contributed by atoms with Crippen LogP contribution < -0.4 is 4.90 Å². The van der Waals surface area contributed by atoms with Crippen molar-refractivity contribution < 1.29 is 0 Å². The maximum atomic E-state index is 5.65. The second-order valence-electron chi connectivity index (χ2n) is 3.00. The molecule has 0 N–H and O–H groups in total. The number of nitrogens with zero attached hydrogens (tertiary/aromatic N) is 2. The molecular formula is C9H11ClN2. The van der Waals surface area contributed by atoms with Crippen molar-refractivity contribution in [1.82, 2.24) is 4.98 Å². The van der Waals surface area contributed by atoms with Crippen LogP contribution in [0, 0.1) is 0 Å². The van der Waals surface area contributed by atoms with Gasteiger partial charge in [-0.05, 0) is 18.1 Å². The lowest BCUT2D eigenvalue weighted by Crippen LogP contribution is -2.37. The molecule has 0 atom stereocenters. The summed E-state index contributed by atoms with van der Waals surface area (Å²) >= 11 is 5.65. The minimum Gasteiger partial charge on any atom is -0.356 e. The molecule has 64 valence electrons. The molecule has 2 heterocycles. The molecular weight excluding hydrogens is 172 g/mol. The first-order valence-electron chi connectivity index (χ1n) is 4.16. The molecule has 0 amide bonds. The van der Waals surface area contributed by atoms with Gasteiger partial charge in [-0.3, -0.25) is 0 Å². The van der Waals surface area contributed by atoms with Gasteiger partial charge in [-0.15, -0.1) is 11.6 Å². The highest BCUT2D eigenvalue weighted by molar-refractivity contribution is 6.17. The van der Waals surface area contributed by atoms with Gasteiger partial charge in [0, 0.05) is 25.2 Å². The molecule has 0 unspecified atom stereocenters. The summed E-state index contributed by atoms with van der Waals surface area (Å²) in [5, 5.41) is 0. The van der Waals surface area contributed by atoms with Crippen LogP contribution in [0.2, 0.25) is 0 Å². The van der Waals surface area contributed by atoms with E-state index in [2.05, 4.69) is 9.88 Å². The molecule has 1 fully saturated rings. The van der Waals surface area contributed by atoms with Crippen molar-refractivity contribution in [1.29, 1.82) is 0 Å². The van der Waals surface area contributed by atoms with Crippen molar-refractivity contribution in [3.05, 3.63) is 23.9 Å². The molecule has 2 nitrogen and oxygen atoms in total. The summed E-state index contributed by atoms with van der Waals surface area (Å²) in [6.45, 7) is 2.29. The normalized spacial score (nSPS) is 15.9. The van der Waals surface area contributed by atoms with Gasteiger partial charge >= 0.3 is 0 Å².